The van der Waals surface area contributed by atoms with E-state index in [1.165, 1.54) is 0 Å². The molecule has 0 aromatic carbocycles. The molecule has 0 unspecified atom stereocenters. The van der Waals surface area contributed by atoms with Gasteiger partial charge in [-0.15, -0.1) is 0 Å². The van der Waals surface area contributed by atoms with Crippen LogP contribution in [0.2, 0.25) is 0 Å². The summed E-state index contributed by atoms with van der Waals surface area (Å²) in [5.41, 5.74) is 0. The Hall–Kier alpha value is -1.64. The number of carboxylic acid groups (broad SMARTS) is 1. The molecule has 108 valence electrons. The molecule has 0 spiro atoms. The maximum atomic E-state index is 11.8. The van der Waals surface area contributed by atoms with Crippen molar-refractivity contribution in [2.75, 3.05) is 6.61 Å². The van der Waals surface area contributed by atoms with Crippen molar-refractivity contribution in [2.45, 2.75) is 38.5 Å². The summed E-state index contributed by atoms with van der Waals surface area (Å²) in [5, 5.41) is 11.9. The highest BCUT2D eigenvalue weighted by Crippen LogP contribution is 2.15. The topological polar surface area (TPSA) is 85.5 Å². The Morgan fingerprint density at radius 2 is 2.11 bits per heavy atom. The fourth-order valence-electron chi connectivity index (χ4n) is 1.26. The number of alkyl halides is 3. The third-order valence-corrected chi connectivity index (χ3v) is 2.04. The van der Waals surface area contributed by atoms with E-state index >= 15 is 0 Å². The van der Waals surface area contributed by atoms with E-state index in [1.807, 2.05) is 0 Å². The van der Waals surface area contributed by atoms with E-state index in [2.05, 4.69) is 14.9 Å². The Balaban J connectivity index is 2.22. The van der Waals surface area contributed by atoms with Crippen molar-refractivity contribution in [3.8, 4) is 0 Å². The highest BCUT2D eigenvalue weighted by molar-refractivity contribution is 5.66. The van der Waals surface area contributed by atoms with Crippen LogP contribution < -0.4 is 0 Å². The third-order valence-electron chi connectivity index (χ3n) is 2.04. The van der Waals surface area contributed by atoms with Crippen molar-refractivity contribution >= 4 is 5.97 Å². The van der Waals surface area contributed by atoms with Gasteiger partial charge in [0.05, 0.1) is 0 Å². The van der Waals surface area contributed by atoms with Gasteiger partial charge >= 0.3 is 12.1 Å². The quantitative estimate of drug-likeness (QED) is 0.733. The van der Waals surface area contributed by atoms with Crippen LogP contribution in [0.25, 0.3) is 0 Å². The molecule has 1 rings (SSSR count). The van der Waals surface area contributed by atoms with Crippen LogP contribution in [0.15, 0.2) is 4.52 Å². The van der Waals surface area contributed by atoms with Gasteiger partial charge in [-0.25, -0.2) is 0 Å². The Kier molecular flexibility index (Phi) is 5.74. The molecule has 0 saturated heterocycles. The molecule has 0 atom stereocenters. The van der Waals surface area contributed by atoms with E-state index in [4.69, 9.17) is 9.63 Å². The number of carbonyl (C=O) groups is 1. The van der Waals surface area contributed by atoms with Crippen molar-refractivity contribution in [1.29, 1.82) is 0 Å². The molecule has 19 heavy (non-hydrogen) atoms. The van der Waals surface area contributed by atoms with Crippen molar-refractivity contribution in [2.24, 2.45) is 0 Å². The molecule has 0 aliphatic carbocycles. The van der Waals surface area contributed by atoms with Crippen LogP contribution in [0.1, 0.15) is 31.0 Å². The summed E-state index contributed by atoms with van der Waals surface area (Å²) in [6, 6.07) is 0. The van der Waals surface area contributed by atoms with Gasteiger partial charge in [0.25, 0.3) is 0 Å². The molecule has 1 N–H and O–H groups in total. The SMILES string of the molecule is O=C(O)CCCCc1nc(COCC(F)(F)F)no1. The molecule has 0 aliphatic rings. The van der Waals surface area contributed by atoms with Crippen LogP contribution in [-0.2, 0) is 22.6 Å². The molecular formula is C10H13F3N2O4. The zero-order valence-electron chi connectivity index (χ0n) is 9.94. The summed E-state index contributed by atoms with van der Waals surface area (Å²) in [5.74, 6) is -0.583. The lowest BCUT2D eigenvalue weighted by Crippen LogP contribution is -2.16. The minimum absolute atomic E-state index is 0.0393. The maximum Gasteiger partial charge on any atom is 0.411 e. The summed E-state index contributed by atoms with van der Waals surface area (Å²) in [6.45, 7) is -1.74. The minimum Gasteiger partial charge on any atom is -0.481 e. The summed E-state index contributed by atoms with van der Waals surface area (Å²) in [4.78, 5) is 14.1. The number of carboxylic acids is 1. The number of halogens is 3. The zero-order chi connectivity index (χ0) is 14.3. The Morgan fingerprint density at radius 1 is 1.37 bits per heavy atom. The molecule has 1 heterocycles. The van der Waals surface area contributed by atoms with Crippen LogP contribution in [0, 0.1) is 0 Å². The first-order valence-electron chi connectivity index (χ1n) is 5.54. The first-order valence-corrected chi connectivity index (χ1v) is 5.54. The standard InChI is InChI=1S/C10H13F3N2O4/c11-10(12,13)6-18-5-7-14-8(19-15-7)3-1-2-4-9(16)17/h1-6H2,(H,16,17). The number of aliphatic carboxylic acids is 1. The van der Waals surface area contributed by atoms with E-state index in [1.54, 1.807) is 0 Å². The lowest BCUT2D eigenvalue weighted by molar-refractivity contribution is -0.177. The first-order chi connectivity index (χ1) is 8.87. The zero-order valence-corrected chi connectivity index (χ0v) is 9.94. The van der Waals surface area contributed by atoms with Crippen LogP contribution in [0.5, 0.6) is 0 Å². The van der Waals surface area contributed by atoms with Gasteiger partial charge in [0, 0.05) is 12.8 Å². The van der Waals surface area contributed by atoms with E-state index < -0.39 is 18.8 Å². The predicted octanol–water partition coefficient (Wildman–Crippen LogP) is 1.95. The molecule has 0 radical (unpaired) electrons. The number of rotatable bonds is 8. The molecule has 6 nitrogen and oxygen atoms in total. The molecule has 0 fully saturated rings. The van der Waals surface area contributed by atoms with E-state index in [-0.39, 0.29) is 24.7 Å². The van der Waals surface area contributed by atoms with Crippen LogP contribution in [-0.4, -0.2) is 34.0 Å². The van der Waals surface area contributed by atoms with Crippen LogP contribution in [0.3, 0.4) is 0 Å². The van der Waals surface area contributed by atoms with Gasteiger partial charge in [0.2, 0.25) is 5.89 Å². The number of hydrogen-bond acceptors (Lipinski definition) is 5. The largest absolute Gasteiger partial charge is 0.481 e. The fourth-order valence-corrected chi connectivity index (χ4v) is 1.26. The van der Waals surface area contributed by atoms with Crippen molar-refractivity contribution in [3.63, 3.8) is 0 Å². The Labute approximate surface area is 106 Å². The molecule has 0 aliphatic heterocycles. The number of ether oxygens (including phenoxy) is 1. The first kappa shape index (κ1) is 15.4. The summed E-state index contributed by atoms with van der Waals surface area (Å²) in [6.07, 6.45) is -2.92. The predicted molar refractivity (Wildman–Crippen MR) is 55.2 cm³/mol. The van der Waals surface area contributed by atoms with Crippen molar-refractivity contribution in [1.82, 2.24) is 10.1 Å². The highest BCUT2D eigenvalue weighted by atomic mass is 19.4. The smallest absolute Gasteiger partial charge is 0.411 e. The van der Waals surface area contributed by atoms with Crippen LogP contribution >= 0.6 is 0 Å². The lowest BCUT2D eigenvalue weighted by atomic mass is 10.2. The maximum absolute atomic E-state index is 11.8. The summed E-state index contributed by atoms with van der Waals surface area (Å²) >= 11 is 0. The Morgan fingerprint density at radius 3 is 2.74 bits per heavy atom. The van der Waals surface area contributed by atoms with Gasteiger partial charge < -0.3 is 14.4 Å². The average Bonchev–Trinajstić information content (AvgIpc) is 2.70. The van der Waals surface area contributed by atoms with Gasteiger partial charge in [-0.2, -0.15) is 18.2 Å². The second-order valence-corrected chi connectivity index (χ2v) is 3.81. The minimum atomic E-state index is -4.39. The van der Waals surface area contributed by atoms with Crippen molar-refractivity contribution < 1.29 is 32.3 Å². The van der Waals surface area contributed by atoms with Gasteiger partial charge in [-0.1, -0.05) is 5.16 Å². The molecule has 1 aromatic rings. The summed E-state index contributed by atoms with van der Waals surface area (Å²) < 4.78 is 44.5. The normalized spacial score (nSPS) is 11.7. The van der Waals surface area contributed by atoms with Crippen molar-refractivity contribution in [3.05, 3.63) is 11.7 Å². The highest BCUT2D eigenvalue weighted by Gasteiger charge is 2.27. The monoisotopic (exact) mass is 282 g/mol. The third kappa shape index (κ3) is 7.39. The van der Waals surface area contributed by atoms with Gasteiger partial charge in [0.1, 0.15) is 13.2 Å². The summed E-state index contributed by atoms with van der Waals surface area (Å²) in [7, 11) is 0. The molecule has 1 aromatic heterocycles. The number of aryl methyl sites for hydroxylation is 1. The molecule has 0 bridgehead atoms. The molecule has 0 amide bonds. The average molecular weight is 282 g/mol. The van der Waals surface area contributed by atoms with Gasteiger partial charge in [-0.3, -0.25) is 4.79 Å². The number of aromatic nitrogens is 2. The number of nitrogens with zero attached hydrogens (tertiary/aromatic N) is 2. The number of hydrogen-bond donors (Lipinski definition) is 1. The lowest BCUT2D eigenvalue weighted by Gasteiger charge is -2.04. The van der Waals surface area contributed by atoms with Crippen LogP contribution in [0.4, 0.5) is 13.2 Å². The van der Waals surface area contributed by atoms with Gasteiger partial charge in [0.15, 0.2) is 5.82 Å². The van der Waals surface area contributed by atoms with E-state index in [0.29, 0.717) is 19.3 Å². The Bertz CT molecular complexity index is 406. The van der Waals surface area contributed by atoms with E-state index in [9.17, 15) is 18.0 Å². The molecular weight excluding hydrogens is 269 g/mol. The second-order valence-electron chi connectivity index (χ2n) is 3.81. The number of unbranched alkanes of at least 4 members (excludes halogenated alkanes) is 1. The van der Waals surface area contributed by atoms with E-state index in [0.717, 1.165) is 0 Å². The molecule has 9 heteroatoms. The molecule has 0 saturated carbocycles. The fraction of sp³-hybridized carbons (Fsp3) is 0.700. The second kappa shape index (κ2) is 7.07. The van der Waals surface area contributed by atoms with Gasteiger partial charge in [-0.05, 0) is 12.8 Å².